The first-order valence-corrected chi connectivity index (χ1v) is 7.13. The van der Waals surface area contributed by atoms with Crippen molar-refractivity contribution in [1.29, 1.82) is 0 Å². The van der Waals surface area contributed by atoms with Crippen molar-refractivity contribution in [2.45, 2.75) is 13.3 Å². The number of Topliss-reactive ketones (excluding diaryl/α,β-unsaturated/α-hetero) is 1. The lowest BCUT2D eigenvalue weighted by Gasteiger charge is -2.00. The Morgan fingerprint density at radius 3 is 2.50 bits per heavy atom. The normalized spacial score (nSPS) is 10.6. The van der Waals surface area contributed by atoms with Crippen molar-refractivity contribution in [2.24, 2.45) is 0 Å². The molecule has 1 aromatic heterocycles. The summed E-state index contributed by atoms with van der Waals surface area (Å²) in [7, 11) is 0. The quantitative estimate of drug-likeness (QED) is 0.862. The minimum absolute atomic E-state index is 0.160. The summed E-state index contributed by atoms with van der Waals surface area (Å²) >= 11 is 12.8. The van der Waals surface area contributed by atoms with Crippen LogP contribution in [0, 0.1) is 0 Å². The minimum atomic E-state index is -1.20. The lowest BCUT2D eigenvalue weighted by atomic mass is 10.1. The highest BCUT2D eigenvalue weighted by atomic mass is 35.5. The second-order valence-corrected chi connectivity index (χ2v) is 5.97. The van der Waals surface area contributed by atoms with Crippen LogP contribution in [0.3, 0.4) is 0 Å². The van der Waals surface area contributed by atoms with E-state index in [4.69, 9.17) is 28.3 Å². The van der Waals surface area contributed by atoms with Gasteiger partial charge in [0, 0.05) is 13.3 Å². The maximum atomic E-state index is 11.4. The number of halogens is 2. The number of hydrogen-bond acceptors (Lipinski definition) is 4. The summed E-state index contributed by atoms with van der Waals surface area (Å²) in [6, 6.07) is 5.14. The molecule has 0 radical (unpaired) electrons. The number of carboxylic acid groups (broad SMARTS) is 1. The van der Waals surface area contributed by atoms with Gasteiger partial charge in [0.2, 0.25) is 0 Å². The Bertz CT molecular complexity index is 665. The minimum Gasteiger partial charge on any atom is -0.476 e. The number of thiazole rings is 1. The van der Waals surface area contributed by atoms with Gasteiger partial charge in [0.05, 0.1) is 15.1 Å². The number of hydrogen-bond donors (Lipinski definition) is 1. The molecule has 2 aromatic rings. The van der Waals surface area contributed by atoms with Gasteiger partial charge in [0.1, 0.15) is 4.88 Å². The summed E-state index contributed by atoms with van der Waals surface area (Å²) in [5.41, 5.74) is 0.651. The van der Waals surface area contributed by atoms with Crippen molar-refractivity contribution < 1.29 is 14.7 Å². The van der Waals surface area contributed by atoms with Gasteiger partial charge in [-0.1, -0.05) is 29.3 Å². The summed E-state index contributed by atoms with van der Waals surface area (Å²) < 4.78 is 0. The van der Waals surface area contributed by atoms with Crippen molar-refractivity contribution in [3.63, 3.8) is 0 Å². The van der Waals surface area contributed by atoms with E-state index >= 15 is 0 Å². The fourth-order valence-corrected chi connectivity index (χ4v) is 2.95. The van der Waals surface area contributed by atoms with Crippen molar-refractivity contribution in [3.8, 4) is 0 Å². The fraction of sp³-hybridized carbons (Fsp3) is 0.154. The highest BCUT2D eigenvalue weighted by molar-refractivity contribution is 7.14. The Morgan fingerprint density at radius 2 is 2.00 bits per heavy atom. The topological polar surface area (TPSA) is 67.3 Å². The van der Waals surface area contributed by atoms with E-state index in [1.54, 1.807) is 18.2 Å². The number of ketones is 1. The average Bonchev–Trinajstić information content (AvgIpc) is 2.78. The van der Waals surface area contributed by atoms with Crippen molar-refractivity contribution in [2.75, 3.05) is 0 Å². The van der Waals surface area contributed by atoms with Crippen LogP contribution in [0.4, 0.5) is 0 Å². The van der Waals surface area contributed by atoms with Gasteiger partial charge in [-0.3, -0.25) is 4.79 Å². The molecule has 0 aliphatic heterocycles. The largest absolute Gasteiger partial charge is 0.476 e. The zero-order valence-corrected chi connectivity index (χ0v) is 12.6. The molecule has 1 N–H and O–H groups in total. The zero-order valence-electron chi connectivity index (χ0n) is 10.3. The number of nitrogens with zero attached hydrogens (tertiary/aromatic N) is 1. The van der Waals surface area contributed by atoms with Gasteiger partial charge in [-0.25, -0.2) is 9.78 Å². The lowest BCUT2D eigenvalue weighted by molar-refractivity contribution is 0.0687. The van der Waals surface area contributed by atoms with E-state index in [2.05, 4.69) is 4.98 Å². The first kappa shape index (κ1) is 15.0. The van der Waals surface area contributed by atoms with E-state index in [0.717, 1.165) is 16.9 Å². The number of rotatable bonds is 4. The van der Waals surface area contributed by atoms with Crippen LogP contribution in [0.2, 0.25) is 10.0 Å². The first-order valence-electron chi connectivity index (χ1n) is 5.56. The van der Waals surface area contributed by atoms with Crippen LogP contribution in [-0.4, -0.2) is 21.8 Å². The molecule has 0 unspecified atom stereocenters. The molecule has 0 atom stereocenters. The maximum Gasteiger partial charge on any atom is 0.356 e. The summed E-state index contributed by atoms with van der Waals surface area (Å²) in [6.45, 7) is 1.32. The number of benzene rings is 1. The van der Waals surface area contributed by atoms with Gasteiger partial charge in [-0.2, -0.15) is 0 Å². The van der Waals surface area contributed by atoms with Crippen LogP contribution in [0.15, 0.2) is 18.2 Å². The molecule has 104 valence electrons. The van der Waals surface area contributed by atoms with Crippen molar-refractivity contribution >= 4 is 46.3 Å². The summed E-state index contributed by atoms with van der Waals surface area (Å²) in [6.07, 6.45) is 0.398. The smallest absolute Gasteiger partial charge is 0.356 e. The highest BCUT2D eigenvalue weighted by Gasteiger charge is 2.20. The second kappa shape index (κ2) is 5.91. The highest BCUT2D eigenvalue weighted by Crippen LogP contribution is 2.26. The molecule has 0 amide bonds. The average molecular weight is 330 g/mol. The Morgan fingerprint density at radius 1 is 1.30 bits per heavy atom. The molecule has 0 aliphatic carbocycles. The molecule has 0 fully saturated rings. The number of aromatic carboxylic acids is 1. The number of carbonyl (C=O) groups excluding carboxylic acids is 1. The Labute approximate surface area is 129 Å². The molecule has 2 rings (SSSR count). The summed E-state index contributed by atoms with van der Waals surface area (Å²) in [4.78, 5) is 26.6. The lowest BCUT2D eigenvalue weighted by Crippen LogP contribution is -2.03. The van der Waals surface area contributed by atoms with Gasteiger partial charge in [-0.15, -0.1) is 11.3 Å². The molecule has 4 nitrogen and oxygen atoms in total. The number of aromatic nitrogens is 1. The molecule has 7 heteroatoms. The Hall–Kier alpha value is -1.43. The van der Waals surface area contributed by atoms with Gasteiger partial charge >= 0.3 is 5.97 Å². The van der Waals surface area contributed by atoms with E-state index in [1.165, 1.54) is 6.92 Å². The van der Waals surface area contributed by atoms with Crippen LogP contribution in [0.1, 0.15) is 37.7 Å². The maximum absolute atomic E-state index is 11.4. The number of carboxylic acids is 1. The van der Waals surface area contributed by atoms with Crippen LogP contribution in [0.5, 0.6) is 0 Å². The molecule has 20 heavy (non-hydrogen) atoms. The standard InChI is InChI=1S/C13H9Cl2NO3S/c1-6(17)12-11(13(18)19)16-10(20-12)5-7-2-3-8(14)9(15)4-7/h2-4H,5H2,1H3,(H,18,19). The molecular weight excluding hydrogens is 321 g/mol. The second-order valence-electron chi connectivity index (χ2n) is 4.07. The van der Waals surface area contributed by atoms with E-state index < -0.39 is 5.97 Å². The SMILES string of the molecule is CC(=O)c1sc(Cc2ccc(Cl)c(Cl)c2)nc1C(=O)O. The Balaban J connectivity index is 2.34. The van der Waals surface area contributed by atoms with Crippen LogP contribution >= 0.6 is 34.5 Å². The first-order chi connectivity index (χ1) is 9.38. The number of carbonyl (C=O) groups is 2. The van der Waals surface area contributed by atoms with Gasteiger partial charge in [-0.05, 0) is 17.7 Å². The molecule has 0 aliphatic rings. The molecule has 0 saturated heterocycles. The van der Waals surface area contributed by atoms with Crippen LogP contribution in [-0.2, 0) is 6.42 Å². The van der Waals surface area contributed by atoms with E-state index in [1.807, 2.05) is 0 Å². The predicted molar refractivity (Wildman–Crippen MR) is 78.3 cm³/mol. The molecule has 0 spiro atoms. The van der Waals surface area contributed by atoms with Crippen LogP contribution < -0.4 is 0 Å². The van der Waals surface area contributed by atoms with E-state index in [0.29, 0.717) is 21.5 Å². The predicted octanol–water partition coefficient (Wildman–Crippen LogP) is 3.94. The van der Waals surface area contributed by atoms with E-state index in [9.17, 15) is 9.59 Å². The van der Waals surface area contributed by atoms with Gasteiger partial charge in [0.15, 0.2) is 11.5 Å². The monoisotopic (exact) mass is 329 g/mol. The Kier molecular flexibility index (Phi) is 4.42. The fourth-order valence-electron chi connectivity index (χ4n) is 1.65. The summed E-state index contributed by atoms with van der Waals surface area (Å²) in [5, 5.41) is 10.4. The molecule has 1 aromatic carbocycles. The third-order valence-corrected chi connectivity index (χ3v) is 4.43. The van der Waals surface area contributed by atoms with Gasteiger partial charge in [0.25, 0.3) is 0 Å². The molecular formula is C13H9Cl2NO3S. The third kappa shape index (κ3) is 3.17. The van der Waals surface area contributed by atoms with Crippen molar-refractivity contribution in [1.82, 2.24) is 4.98 Å². The molecule has 0 saturated carbocycles. The van der Waals surface area contributed by atoms with Gasteiger partial charge < -0.3 is 5.11 Å². The third-order valence-electron chi connectivity index (χ3n) is 2.53. The van der Waals surface area contributed by atoms with E-state index in [-0.39, 0.29) is 16.4 Å². The summed E-state index contributed by atoms with van der Waals surface area (Å²) in [5.74, 6) is -1.51. The zero-order chi connectivity index (χ0) is 14.9. The molecule has 0 bridgehead atoms. The van der Waals surface area contributed by atoms with Crippen molar-refractivity contribution in [3.05, 3.63) is 49.4 Å². The van der Waals surface area contributed by atoms with Crippen LogP contribution in [0.25, 0.3) is 0 Å². The molecule has 1 heterocycles.